The second kappa shape index (κ2) is 5.80. The van der Waals surface area contributed by atoms with Crippen molar-refractivity contribution in [1.82, 2.24) is 9.97 Å². The van der Waals surface area contributed by atoms with Crippen molar-refractivity contribution < 1.29 is 4.79 Å². The van der Waals surface area contributed by atoms with E-state index in [1.165, 1.54) is 11.9 Å². The third-order valence-electron chi connectivity index (χ3n) is 2.88. The lowest BCUT2D eigenvalue weighted by molar-refractivity contribution is 0.112. The summed E-state index contributed by atoms with van der Waals surface area (Å²) in [4.78, 5) is 20.2. The van der Waals surface area contributed by atoms with Crippen molar-refractivity contribution in [2.75, 3.05) is 10.5 Å². The maximum absolute atomic E-state index is 10.6. The average molecular weight is 296 g/mol. The Labute approximate surface area is 125 Å². The zero-order valence-corrected chi connectivity index (χ0v) is 11.8. The van der Waals surface area contributed by atoms with Crippen LogP contribution in [0.5, 0.6) is 0 Å². The highest BCUT2D eigenvalue weighted by atomic mass is 32.2. The highest BCUT2D eigenvalue weighted by Gasteiger charge is 2.05. The average Bonchev–Trinajstić information content (AvgIpc) is 2.53. The molecule has 1 aromatic heterocycles. The molecule has 6 heteroatoms. The molecule has 0 amide bonds. The summed E-state index contributed by atoms with van der Waals surface area (Å²) < 4.78 is 3.22. The number of nitrogen functional groups attached to an aromatic ring is 1. The van der Waals surface area contributed by atoms with E-state index in [9.17, 15) is 4.79 Å². The minimum Gasteiger partial charge on any atom is -0.382 e. The van der Waals surface area contributed by atoms with Crippen molar-refractivity contribution in [2.24, 2.45) is 0 Å². The van der Waals surface area contributed by atoms with Crippen molar-refractivity contribution in [3.05, 3.63) is 54.2 Å². The molecule has 3 N–H and O–H groups in total. The lowest BCUT2D eigenvalue weighted by Gasteiger charge is -2.07. The Morgan fingerprint density at radius 3 is 2.71 bits per heavy atom. The number of para-hydroxylation sites is 1. The van der Waals surface area contributed by atoms with Gasteiger partial charge in [-0.15, -0.1) is 0 Å². The van der Waals surface area contributed by atoms with Crippen LogP contribution in [0.3, 0.4) is 0 Å². The number of hydrogen-bond donors (Lipinski definition) is 2. The van der Waals surface area contributed by atoms with Crippen LogP contribution in [0.4, 0.5) is 11.5 Å². The summed E-state index contributed by atoms with van der Waals surface area (Å²) >= 11 is 1.44. The molecular weight excluding hydrogens is 284 g/mol. The van der Waals surface area contributed by atoms with Crippen LogP contribution >= 0.6 is 11.9 Å². The molecule has 0 spiro atoms. The van der Waals surface area contributed by atoms with Crippen LogP contribution in [0.15, 0.2) is 53.6 Å². The van der Waals surface area contributed by atoms with Gasteiger partial charge in [0.2, 0.25) is 0 Å². The maximum atomic E-state index is 10.6. The number of carbonyl (C=O) groups is 1. The zero-order valence-electron chi connectivity index (χ0n) is 11.0. The first-order chi connectivity index (χ1) is 10.3. The number of carbonyl (C=O) groups excluding carboxylic acids is 1. The zero-order chi connectivity index (χ0) is 14.7. The van der Waals surface area contributed by atoms with Gasteiger partial charge in [-0.3, -0.25) is 4.79 Å². The molecule has 0 radical (unpaired) electrons. The van der Waals surface area contributed by atoms with E-state index in [4.69, 9.17) is 5.73 Å². The number of fused-ring (bicyclic) bond motifs is 1. The lowest BCUT2D eigenvalue weighted by Crippen LogP contribution is -1.94. The van der Waals surface area contributed by atoms with Gasteiger partial charge in [0, 0.05) is 11.3 Å². The predicted molar refractivity (Wildman–Crippen MR) is 85.3 cm³/mol. The highest BCUT2D eigenvalue weighted by Crippen LogP contribution is 2.27. The molecule has 0 bridgehead atoms. The monoisotopic (exact) mass is 296 g/mol. The first-order valence-electron chi connectivity index (χ1n) is 6.25. The molecule has 21 heavy (non-hydrogen) atoms. The fourth-order valence-corrected chi connectivity index (χ4v) is 2.62. The van der Waals surface area contributed by atoms with Gasteiger partial charge in [0.25, 0.3) is 0 Å². The van der Waals surface area contributed by atoms with Gasteiger partial charge in [0.1, 0.15) is 17.6 Å². The fraction of sp³-hybridized carbons (Fsp3) is 0. The fourth-order valence-electron chi connectivity index (χ4n) is 1.86. The van der Waals surface area contributed by atoms with Gasteiger partial charge < -0.3 is 10.5 Å². The molecule has 3 aromatic rings. The lowest BCUT2D eigenvalue weighted by atomic mass is 10.2. The van der Waals surface area contributed by atoms with Gasteiger partial charge in [0.15, 0.2) is 0 Å². The third kappa shape index (κ3) is 2.95. The van der Waals surface area contributed by atoms with Crippen molar-refractivity contribution in [2.45, 2.75) is 4.90 Å². The Morgan fingerprint density at radius 2 is 1.95 bits per heavy atom. The minimum absolute atomic E-state index is 0.405. The number of nitrogens with one attached hydrogen (secondary N) is 1. The number of aldehydes is 1. The van der Waals surface area contributed by atoms with Gasteiger partial charge >= 0.3 is 0 Å². The van der Waals surface area contributed by atoms with Gasteiger partial charge in [-0.1, -0.05) is 6.07 Å². The number of aromatic nitrogens is 2. The quantitative estimate of drug-likeness (QED) is 0.568. The number of hydrogen-bond acceptors (Lipinski definition) is 6. The van der Waals surface area contributed by atoms with E-state index in [0.29, 0.717) is 11.4 Å². The van der Waals surface area contributed by atoms with E-state index >= 15 is 0 Å². The smallest absolute Gasteiger partial charge is 0.150 e. The normalized spacial score (nSPS) is 10.5. The van der Waals surface area contributed by atoms with Gasteiger partial charge in [-0.05, 0) is 48.3 Å². The van der Waals surface area contributed by atoms with Crippen molar-refractivity contribution in [1.29, 1.82) is 0 Å². The van der Waals surface area contributed by atoms with Crippen LogP contribution < -0.4 is 10.5 Å². The number of nitrogens with zero attached hydrogens (tertiary/aromatic N) is 2. The van der Waals surface area contributed by atoms with Crippen LogP contribution in [-0.4, -0.2) is 16.3 Å². The highest BCUT2D eigenvalue weighted by molar-refractivity contribution is 8.00. The van der Waals surface area contributed by atoms with Crippen LogP contribution in [0.2, 0.25) is 0 Å². The van der Waals surface area contributed by atoms with Gasteiger partial charge in [0.05, 0.1) is 16.6 Å². The van der Waals surface area contributed by atoms with E-state index in [1.54, 1.807) is 18.3 Å². The third-order valence-corrected chi connectivity index (χ3v) is 3.77. The first kappa shape index (κ1) is 13.4. The summed E-state index contributed by atoms with van der Waals surface area (Å²) in [5.74, 6) is 0.405. The Morgan fingerprint density at radius 1 is 1.14 bits per heavy atom. The van der Waals surface area contributed by atoms with E-state index in [2.05, 4.69) is 14.7 Å². The summed E-state index contributed by atoms with van der Waals surface area (Å²) in [7, 11) is 0. The summed E-state index contributed by atoms with van der Waals surface area (Å²) in [5, 5.41) is 0. The summed E-state index contributed by atoms with van der Waals surface area (Å²) in [6, 6.07) is 13.0. The Kier molecular flexibility index (Phi) is 3.70. The molecule has 0 saturated carbocycles. The number of benzene rings is 2. The number of rotatable bonds is 4. The molecule has 0 aliphatic carbocycles. The van der Waals surface area contributed by atoms with Crippen molar-refractivity contribution in [3.63, 3.8) is 0 Å². The number of nitrogens with two attached hydrogens (primary N) is 1. The largest absolute Gasteiger partial charge is 0.382 e. The maximum Gasteiger partial charge on any atom is 0.150 e. The van der Waals surface area contributed by atoms with Gasteiger partial charge in [-0.25, -0.2) is 9.97 Å². The molecule has 1 heterocycles. The Balaban J connectivity index is 1.82. The minimum atomic E-state index is 0.405. The molecule has 0 fully saturated rings. The van der Waals surface area contributed by atoms with Gasteiger partial charge in [-0.2, -0.15) is 0 Å². The van der Waals surface area contributed by atoms with E-state index in [-0.39, 0.29) is 0 Å². The SMILES string of the molecule is Nc1cnc2c(SNc3ccc(C=O)cc3)cccc2n1. The van der Waals surface area contributed by atoms with Crippen LogP contribution in [0.1, 0.15) is 10.4 Å². The molecule has 0 aliphatic heterocycles. The van der Waals surface area contributed by atoms with E-state index < -0.39 is 0 Å². The van der Waals surface area contributed by atoms with Crippen LogP contribution in [-0.2, 0) is 0 Å². The Bertz CT molecular complexity index is 789. The summed E-state index contributed by atoms with van der Waals surface area (Å²) in [6.07, 6.45) is 2.37. The second-order valence-electron chi connectivity index (χ2n) is 4.36. The molecule has 0 aliphatic rings. The first-order valence-corrected chi connectivity index (χ1v) is 7.07. The molecule has 2 aromatic carbocycles. The topological polar surface area (TPSA) is 80.9 Å². The Hall–Kier alpha value is -2.60. The molecule has 5 nitrogen and oxygen atoms in total. The molecule has 3 rings (SSSR count). The van der Waals surface area contributed by atoms with Crippen molar-refractivity contribution >= 4 is 40.8 Å². The summed E-state index contributed by atoms with van der Waals surface area (Å²) in [6.45, 7) is 0. The standard InChI is InChI=1S/C15H12N4OS/c16-14-8-17-15-12(18-14)2-1-3-13(15)21-19-11-6-4-10(9-20)5-7-11/h1-9,19H,(H2,16,18). The van der Waals surface area contributed by atoms with Crippen LogP contribution in [0, 0.1) is 0 Å². The van der Waals surface area contributed by atoms with Crippen LogP contribution in [0.25, 0.3) is 11.0 Å². The molecular formula is C15H12N4OS. The summed E-state index contributed by atoms with van der Waals surface area (Å²) in [5.41, 5.74) is 8.76. The predicted octanol–water partition coefficient (Wildman–Crippen LogP) is 3.14. The molecule has 0 unspecified atom stereocenters. The molecule has 0 saturated heterocycles. The van der Waals surface area contributed by atoms with Crippen molar-refractivity contribution in [3.8, 4) is 0 Å². The number of anilines is 2. The van der Waals surface area contributed by atoms with E-state index in [0.717, 1.165) is 27.9 Å². The second-order valence-corrected chi connectivity index (χ2v) is 5.21. The molecule has 0 atom stereocenters. The molecule has 104 valence electrons. The van der Waals surface area contributed by atoms with E-state index in [1.807, 2.05) is 30.3 Å².